The molecule has 0 radical (unpaired) electrons. The molecule has 3 aromatic rings. The van der Waals surface area contributed by atoms with E-state index in [0.717, 1.165) is 15.3 Å². The van der Waals surface area contributed by atoms with Crippen LogP contribution in [0.5, 0.6) is 0 Å². The van der Waals surface area contributed by atoms with E-state index in [4.69, 9.17) is 10.4 Å². The van der Waals surface area contributed by atoms with E-state index in [1.165, 1.54) is 16.3 Å². The van der Waals surface area contributed by atoms with Crippen molar-refractivity contribution in [2.75, 3.05) is 0 Å². The molecule has 1 atom stereocenters. The summed E-state index contributed by atoms with van der Waals surface area (Å²) in [5, 5.41) is 16.6. The van der Waals surface area contributed by atoms with Crippen molar-refractivity contribution in [3.8, 4) is 16.5 Å². The highest BCUT2D eigenvalue weighted by molar-refractivity contribution is 7.87. The fourth-order valence-electron chi connectivity index (χ4n) is 2.37. The topological polar surface area (TPSA) is 66.9 Å². The Balaban J connectivity index is 1.99. The summed E-state index contributed by atoms with van der Waals surface area (Å²) in [7, 11) is -1.75. The quantitative estimate of drug-likeness (QED) is 0.721. The van der Waals surface area contributed by atoms with Gasteiger partial charge in [0.15, 0.2) is 0 Å². The summed E-state index contributed by atoms with van der Waals surface area (Å²) >= 11 is 1.54. The van der Waals surface area contributed by atoms with E-state index in [9.17, 15) is 4.21 Å². The van der Waals surface area contributed by atoms with Gasteiger partial charge in [-0.2, -0.15) is 5.26 Å². The van der Waals surface area contributed by atoms with E-state index in [2.05, 4.69) is 43.3 Å². The average molecular weight is 338 g/mol. The molecule has 0 aliphatic rings. The Labute approximate surface area is 141 Å². The summed E-state index contributed by atoms with van der Waals surface area (Å²) in [4.78, 5) is 2.03. The van der Waals surface area contributed by atoms with Crippen molar-refractivity contribution in [1.29, 1.82) is 5.26 Å². The molecule has 114 valence electrons. The molecule has 23 heavy (non-hydrogen) atoms. The van der Waals surface area contributed by atoms with E-state index < -0.39 is 11.0 Å². The van der Waals surface area contributed by atoms with Crippen LogP contribution in [0, 0.1) is 18.3 Å². The van der Waals surface area contributed by atoms with Crippen LogP contribution in [0.15, 0.2) is 53.4 Å². The normalized spacial score (nSPS) is 13.0. The average Bonchev–Trinajstić information content (AvgIpc) is 3.00. The molecule has 2 aromatic carbocycles. The minimum Gasteiger partial charge on any atom is -0.247 e. The van der Waals surface area contributed by atoms with Crippen molar-refractivity contribution >= 4 is 39.2 Å². The second kappa shape index (κ2) is 6.47. The van der Waals surface area contributed by atoms with Crippen molar-refractivity contribution < 1.29 is 4.21 Å². The number of rotatable bonds is 3. The molecule has 0 aliphatic heterocycles. The molecule has 2 N–H and O–H groups in total. The Morgan fingerprint density at radius 3 is 2.65 bits per heavy atom. The third-order valence-corrected chi connectivity index (χ3v) is 5.23. The lowest BCUT2D eigenvalue weighted by Gasteiger charge is -2.03. The minimum atomic E-state index is -1.75. The van der Waals surface area contributed by atoms with Crippen LogP contribution in [-0.2, 0) is 11.0 Å². The number of nitrogens with two attached hydrogens (primary N) is 1. The van der Waals surface area contributed by atoms with Gasteiger partial charge in [-0.1, -0.05) is 35.9 Å². The molecule has 5 heteroatoms. The Hall–Kier alpha value is -2.26. The zero-order chi connectivity index (χ0) is 16.4. The molecular formula is C18H14N2OS2. The lowest BCUT2D eigenvalue weighted by Crippen LogP contribution is -2.03. The van der Waals surface area contributed by atoms with E-state index in [1.807, 2.05) is 18.2 Å². The van der Waals surface area contributed by atoms with Crippen LogP contribution in [0.25, 0.3) is 27.3 Å². The molecular weight excluding hydrogens is 324 g/mol. The summed E-state index contributed by atoms with van der Waals surface area (Å²) in [5.74, 6) is 0. The third-order valence-electron chi connectivity index (χ3n) is 3.51. The molecule has 1 unspecified atom stereocenters. The van der Waals surface area contributed by atoms with Crippen LogP contribution in [-0.4, -0.2) is 4.21 Å². The zero-order valence-electron chi connectivity index (χ0n) is 12.4. The summed E-state index contributed by atoms with van der Waals surface area (Å²) in [6.07, 6.45) is 1.58. The van der Waals surface area contributed by atoms with Crippen molar-refractivity contribution in [1.82, 2.24) is 0 Å². The highest BCUT2D eigenvalue weighted by Gasteiger charge is 2.06. The molecule has 3 rings (SSSR count). The maximum Gasteiger partial charge on any atom is 0.133 e. The smallest absolute Gasteiger partial charge is 0.133 e. The number of fused-ring (bicyclic) bond motifs is 1. The Kier molecular flexibility index (Phi) is 4.39. The SMILES string of the molecule is Cc1ccc2cc(-c3ccc(/C=C(\C#N)S(N)=O)s3)ccc2c1. The van der Waals surface area contributed by atoms with Crippen LogP contribution in [0.1, 0.15) is 10.4 Å². The highest BCUT2D eigenvalue weighted by atomic mass is 32.2. The number of aryl methyl sites for hydroxylation is 1. The van der Waals surface area contributed by atoms with Crippen molar-refractivity contribution in [3.05, 3.63) is 63.9 Å². The second-order valence-corrected chi connectivity index (χ2v) is 7.34. The van der Waals surface area contributed by atoms with Gasteiger partial charge in [-0.15, -0.1) is 11.3 Å². The van der Waals surface area contributed by atoms with Crippen LogP contribution in [0.3, 0.4) is 0 Å². The van der Waals surface area contributed by atoms with Crippen molar-refractivity contribution in [2.24, 2.45) is 5.14 Å². The fraction of sp³-hybridized carbons (Fsp3) is 0.0556. The summed E-state index contributed by atoms with van der Waals surface area (Å²) in [6, 6.07) is 18.5. The summed E-state index contributed by atoms with van der Waals surface area (Å²) in [6.45, 7) is 2.08. The number of allylic oxidation sites excluding steroid dienone is 1. The first-order valence-corrected chi connectivity index (χ1v) is 8.98. The van der Waals surface area contributed by atoms with Gasteiger partial charge in [-0.3, -0.25) is 0 Å². The molecule has 0 bridgehead atoms. The minimum absolute atomic E-state index is 0.0763. The predicted molar refractivity (Wildman–Crippen MR) is 97.9 cm³/mol. The highest BCUT2D eigenvalue weighted by Crippen LogP contribution is 2.31. The van der Waals surface area contributed by atoms with Gasteiger partial charge < -0.3 is 0 Å². The maximum absolute atomic E-state index is 11.2. The lowest BCUT2D eigenvalue weighted by atomic mass is 10.0. The molecule has 0 spiro atoms. The molecule has 0 fully saturated rings. The molecule has 0 saturated carbocycles. The number of thiophene rings is 1. The van der Waals surface area contributed by atoms with Gasteiger partial charge in [0.1, 0.15) is 22.0 Å². The summed E-state index contributed by atoms with van der Waals surface area (Å²) < 4.78 is 11.2. The lowest BCUT2D eigenvalue weighted by molar-refractivity contribution is 0.689. The van der Waals surface area contributed by atoms with E-state index in [1.54, 1.807) is 17.4 Å². The van der Waals surface area contributed by atoms with Gasteiger partial charge >= 0.3 is 0 Å². The Morgan fingerprint density at radius 1 is 1.17 bits per heavy atom. The van der Waals surface area contributed by atoms with Gasteiger partial charge in [0.25, 0.3) is 0 Å². The number of hydrogen-bond donors (Lipinski definition) is 1. The number of benzene rings is 2. The first-order chi connectivity index (χ1) is 11.1. The standard InChI is InChI=1S/C18H14N2OS2/c1-12-2-3-14-9-15(5-4-13(14)8-12)18-7-6-16(22-18)10-17(11-19)23(20)21/h2-10H,20H2,1H3/b17-10+. The van der Waals surface area contributed by atoms with Crippen LogP contribution >= 0.6 is 11.3 Å². The molecule has 1 heterocycles. The monoisotopic (exact) mass is 338 g/mol. The largest absolute Gasteiger partial charge is 0.247 e. The van der Waals surface area contributed by atoms with Gasteiger partial charge in [-0.05, 0) is 47.5 Å². The molecule has 1 aromatic heterocycles. The fourth-order valence-corrected chi connectivity index (χ4v) is 3.72. The second-order valence-electron chi connectivity index (χ2n) is 5.19. The van der Waals surface area contributed by atoms with Crippen molar-refractivity contribution in [3.63, 3.8) is 0 Å². The number of nitrogens with zero attached hydrogens (tertiary/aromatic N) is 1. The van der Waals surface area contributed by atoms with E-state index in [0.29, 0.717) is 0 Å². The predicted octanol–water partition coefficient (Wildman–Crippen LogP) is 4.36. The maximum atomic E-state index is 11.2. The molecule has 0 aliphatic carbocycles. The van der Waals surface area contributed by atoms with Crippen molar-refractivity contribution in [2.45, 2.75) is 6.92 Å². The molecule has 0 saturated heterocycles. The van der Waals surface area contributed by atoms with Gasteiger partial charge in [0, 0.05) is 9.75 Å². The van der Waals surface area contributed by atoms with Crippen LogP contribution in [0.4, 0.5) is 0 Å². The molecule has 3 nitrogen and oxygen atoms in total. The number of nitriles is 1. The summed E-state index contributed by atoms with van der Waals surface area (Å²) in [5.41, 5.74) is 2.37. The first-order valence-electron chi connectivity index (χ1n) is 6.95. The number of hydrogen-bond acceptors (Lipinski definition) is 3. The van der Waals surface area contributed by atoms with E-state index >= 15 is 0 Å². The van der Waals surface area contributed by atoms with Crippen LogP contribution in [0.2, 0.25) is 0 Å². The van der Waals surface area contributed by atoms with Crippen LogP contribution < -0.4 is 5.14 Å². The Bertz CT molecular complexity index is 980. The zero-order valence-corrected chi connectivity index (χ0v) is 14.1. The Morgan fingerprint density at radius 2 is 1.91 bits per heavy atom. The third kappa shape index (κ3) is 3.40. The van der Waals surface area contributed by atoms with Gasteiger partial charge in [-0.25, -0.2) is 9.35 Å². The van der Waals surface area contributed by atoms with E-state index in [-0.39, 0.29) is 4.91 Å². The van der Waals surface area contributed by atoms with Gasteiger partial charge in [0.05, 0.1) is 0 Å². The van der Waals surface area contributed by atoms with Gasteiger partial charge in [0.2, 0.25) is 0 Å². The molecule has 0 amide bonds. The first kappa shape index (κ1) is 15.6.